The summed E-state index contributed by atoms with van der Waals surface area (Å²) in [5.41, 5.74) is 3.33. The topological polar surface area (TPSA) is 51.1 Å². The first-order valence-corrected chi connectivity index (χ1v) is 9.40. The zero-order valence-corrected chi connectivity index (χ0v) is 16.3. The number of amides is 1. The molecule has 140 valence electrons. The SMILES string of the molecule is CCc1ccc(C(NC(=O)c2cc(=O)n(C)c3ccccc23)C(C)C)cc1. The molecule has 3 rings (SSSR count). The normalized spacial score (nSPS) is 12.3. The summed E-state index contributed by atoms with van der Waals surface area (Å²) in [4.78, 5) is 25.4. The molecule has 4 heteroatoms. The molecule has 3 aromatic rings. The lowest BCUT2D eigenvalue weighted by Gasteiger charge is -2.23. The summed E-state index contributed by atoms with van der Waals surface area (Å²) in [6, 6.07) is 17.2. The van der Waals surface area contributed by atoms with Gasteiger partial charge in [0.15, 0.2) is 0 Å². The Balaban J connectivity index is 1.98. The Morgan fingerprint density at radius 2 is 1.74 bits per heavy atom. The van der Waals surface area contributed by atoms with E-state index in [2.05, 4.69) is 50.4 Å². The van der Waals surface area contributed by atoms with E-state index in [0.717, 1.165) is 22.9 Å². The number of pyridine rings is 1. The average Bonchev–Trinajstić information content (AvgIpc) is 2.68. The van der Waals surface area contributed by atoms with E-state index < -0.39 is 0 Å². The first kappa shape index (κ1) is 18.9. The maximum absolute atomic E-state index is 13.1. The minimum atomic E-state index is -0.220. The van der Waals surface area contributed by atoms with E-state index in [1.54, 1.807) is 11.6 Å². The van der Waals surface area contributed by atoms with Crippen molar-refractivity contribution in [3.63, 3.8) is 0 Å². The van der Waals surface area contributed by atoms with Gasteiger partial charge in [-0.3, -0.25) is 9.59 Å². The number of rotatable bonds is 5. The van der Waals surface area contributed by atoms with Gasteiger partial charge in [-0.25, -0.2) is 0 Å². The van der Waals surface area contributed by atoms with E-state index in [1.807, 2.05) is 24.3 Å². The average molecular weight is 362 g/mol. The summed E-state index contributed by atoms with van der Waals surface area (Å²) in [6.07, 6.45) is 0.984. The number of carbonyl (C=O) groups excluding carboxylic acids is 1. The molecule has 1 amide bonds. The van der Waals surface area contributed by atoms with E-state index in [9.17, 15) is 9.59 Å². The van der Waals surface area contributed by atoms with Crippen molar-refractivity contribution in [1.29, 1.82) is 0 Å². The summed E-state index contributed by atoms with van der Waals surface area (Å²) < 4.78 is 1.56. The first-order valence-electron chi connectivity index (χ1n) is 9.40. The Bertz CT molecular complexity index is 1020. The van der Waals surface area contributed by atoms with Crippen molar-refractivity contribution in [2.24, 2.45) is 13.0 Å². The number of aromatic nitrogens is 1. The fraction of sp³-hybridized carbons (Fsp3) is 0.304. The minimum absolute atomic E-state index is 0.119. The van der Waals surface area contributed by atoms with Crippen LogP contribution in [0.15, 0.2) is 59.4 Å². The Kier molecular flexibility index (Phi) is 5.45. The van der Waals surface area contributed by atoms with Crippen LogP contribution in [0.3, 0.4) is 0 Å². The lowest BCUT2D eigenvalue weighted by molar-refractivity contribution is 0.0927. The molecule has 27 heavy (non-hydrogen) atoms. The molecule has 0 radical (unpaired) electrons. The van der Waals surface area contributed by atoms with Gasteiger partial charge in [-0.15, -0.1) is 0 Å². The summed E-state index contributed by atoms with van der Waals surface area (Å²) in [5.74, 6) is 0.00130. The number of nitrogens with one attached hydrogen (secondary N) is 1. The molecule has 0 saturated heterocycles. The van der Waals surface area contributed by atoms with Gasteiger partial charge >= 0.3 is 0 Å². The molecular formula is C23H26N2O2. The molecule has 2 aromatic carbocycles. The molecule has 0 bridgehead atoms. The van der Waals surface area contributed by atoms with Gasteiger partial charge in [0.05, 0.1) is 17.1 Å². The van der Waals surface area contributed by atoms with Gasteiger partial charge in [-0.2, -0.15) is 0 Å². The van der Waals surface area contributed by atoms with E-state index in [0.29, 0.717) is 5.56 Å². The van der Waals surface area contributed by atoms with E-state index in [4.69, 9.17) is 0 Å². The maximum Gasteiger partial charge on any atom is 0.252 e. The van der Waals surface area contributed by atoms with Gasteiger partial charge in [0, 0.05) is 18.5 Å². The van der Waals surface area contributed by atoms with Gasteiger partial charge in [0.25, 0.3) is 11.5 Å². The molecule has 0 saturated carbocycles. The molecule has 0 aliphatic rings. The molecule has 0 fully saturated rings. The molecule has 0 aliphatic carbocycles. The molecule has 1 atom stereocenters. The highest BCUT2D eigenvalue weighted by Crippen LogP contribution is 2.24. The van der Waals surface area contributed by atoms with Crippen LogP contribution in [0, 0.1) is 5.92 Å². The van der Waals surface area contributed by atoms with Crippen LogP contribution < -0.4 is 10.9 Å². The van der Waals surface area contributed by atoms with Crippen LogP contribution in [0.4, 0.5) is 0 Å². The third kappa shape index (κ3) is 3.80. The standard InChI is InChI=1S/C23H26N2O2/c1-5-16-10-12-17(13-11-16)22(15(2)3)24-23(27)19-14-21(26)25(4)20-9-7-6-8-18(19)20/h6-15,22H,5H2,1-4H3,(H,24,27). The van der Waals surface area contributed by atoms with Crippen molar-refractivity contribution in [3.05, 3.63) is 81.6 Å². The lowest BCUT2D eigenvalue weighted by atomic mass is 9.94. The van der Waals surface area contributed by atoms with Crippen molar-refractivity contribution >= 4 is 16.8 Å². The van der Waals surface area contributed by atoms with Crippen LogP contribution in [0.1, 0.15) is 48.3 Å². The van der Waals surface area contributed by atoms with E-state index in [-0.39, 0.29) is 23.4 Å². The number of hydrogen-bond donors (Lipinski definition) is 1. The zero-order valence-electron chi connectivity index (χ0n) is 16.3. The third-order valence-corrected chi connectivity index (χ3v) is 5.10. The van der Waals surface area contributed by atoms with Gasteiger partial charge in [0.2, 0.25) is 0 Å². The number of para-hydroxylation sites is 1. The Labute approximate surface area is 159 Å². The summed E-state index contributed by atoms with van der Waals surface area (Å²) >= 11 is 0. The van der Waals surface area contributed by atoms with Crippen LogP contribution in [0.2, 0.25) is 0 Å². The van der Waals surface area contributed by atoms with Crippen LogP contribution in [-0.2, 0) is 13.5 Å². The largest absolute Gasteiger partial charge is 0.345 e. The quantitative estimate of drug-likeness (QED) is 0.738. The monoisotopic (exact) mass is 362 g/mol. The van der Waals surface area contributed by atoms with Crippen molar-refractivity contribution in [1.82, 2.24) is 9.88 Å². The lowest BCUT2D eigenvalue weighted by Crippen LogP contribution is -2.33. The number of aryl methyl sites for hydroxylation is 2. The Morgan fingerprint density at radius 3 is 2.37 bits per heavy atom. The van der Waals surface area contributed by atoms with E-state index >= 15 is 0 Å². The Hall–Kier alpha value is -2.88. The van der Waals surface area contributed by atoms with Crippen molar-refractivity contribution < 1.29 is 4.79 Å². The molecule has 1 aromatic heterocycles. The third-order valence-electron chi connectivity index (χ3n) is 5.10. The predicted molar refractivity (Wildman–Crippen MR) is 110 cm³/mol. The second-order valence-corrected chi connectivity index (χ2v) is 7.26. The molecule has 0 spiro atoms. The number of nitrogens with zero attached hydrogens (tertiary/aromatic N) is 1. The second kappa shape index (κ2) is 7.78. The van der Waals surface area contributed by atoms with Crippen molar-refractivity contribution in [2.45, 2.75) is 33.2 Å². The number of carbonyl (C=O) groups is 1. The molecular weight excluding hydrogens is 336 g/mol. The highest BCUT2D eigenvalue weighted by Gasteiger charge is 2.21. The highest BCUT2D eigenvalue weighted by atomic mass is 16.2. The molecule has 1 heterocycles. The smallest absolute Gasteiger partial charge is 0.252 e. The zero-order chi connectivity index (χ0) is 19.6. The van der Waals surface area contributed by atoms with Gasteiger partial charge in [0.1, 0.15) is 0 Å². The highest BCUT2D eigenvalue weighted by molar-refractivity contribution is 6.06. The molecule has 0 aliphatic heterocycles. The summed E-state index contributed by atoms with van der Waals surface area (Å²) in [6.45, 7) is 6.29. The summed E-state index contributed by atoms with van der Waals surface area (Å²) in [5, 5.41) is 3.92. The molecule has 1 N–H and O–H groups in total. The summed E-state index contributed by atoms with van der Waals surface area (Å²) in [7, 11) is 1.72. The predicted octanol–water partition coefficient (Wildman–Crippen LogP) is 4.23. The fourth-order valence-electron chi connectivity index (χ4n) is 3.41. The van der Waals surface area contributed by atoms with Gasteiger partial charge in [-0.1, -0.05) is 63.2 Å². The number of benzene rings is 2. The number of hydrogen-bond acceptors (Lipinski definition) is 2. The number of fused-ring (bicyclic) bond motifs is 1. The maximum atomic E-state index is 13.1. The van der Waals surface area contributed by atoms with Crippen molar-refractivity contribution in [3.8, 4) is 0 Å². The van der Waals surface area contributed by atoms with Crippen LogP contribution in [0.25, 0.3) is 10.9 Å². The fourth-order valence-corrected chi connectivity index (χ4v) is 3.41. The van der Waals surface area contributed by atoms with Crippen LogP contribution in [-0.4, -0.2) is 10.5 Å². The molecule has 4 nitrogen and oxygen atoms in total. The molecule has 1 unspecified atom stereocenters. The van der Waals surface area contributed by atoms with E-state index in [1.165, 1.54) is 11.6 Å². The van der Waals surface area contributed by atoms with Gasteiger partial charge in [-0.05, 0) is 29.5 Å². The second-order valence-electron chi connectivity index (χ2n) is 7.26. The first-order chi connectivity index (χ1) is 12.9. The van der Waals surface area contributed by atoms with Crippen LogP contribution in [0.5, 0.6) is 0 Å². The van der Waals surface area contributed by atoms with Gasteiger partial charge < -0.3 is 9.88 Å². The Morgan fingerprint density at radius 1 is 1.07 bits per heavy atom. The minimum Gasteiger partial charge on any atom is -0.345 e. The van der Waals surface area contributed by atoms with Crippen molar-refractivity contribution in [2.75, 3.05) is 0 Å². The van der Waals surface area contributed by atoms with Crippen LogP contribution >= 0.6 is 0 Å².